The van der Waals surface area contributed by atoms with Crippen LogP contribution >= 0.6 is 11.6 Å². The van der Waals surface area contributed by atoms with Crippen LogP contribution in [0.5, 0.6) is 11.5 Å². The maximum Gasteiger partial charge on any atom is 0.253 e. The van der Waals surface area contributed by atoms with Crippen molar-refractivity contribution >= 4 is 23.2 Å². The molecular formula is C14H13ClN2O3. The molecule has 104 valence electrons. The minimum atomic E-state index is -0.451. The molecule has 0 aromatic heterocycles. The zero-order valence-electron chi connectivity index (χ0n) is 10.4. The number of phenolic OH excluding ortho intramolecular Hbond substituents is 2. The Kier molecular flexibility index (Phi) is 4.00. The Labute approximate surface area is 120 Å². The van der Waals surface area contributed by atoms with Crippen LogP contribution in [-0.4, -0.2) is 16.1 Å². The number of nitrogens with one attached hydrogen (secondary N) is 1. The zero-order chi connectivity index (χ0) is 14.7. The Morgan fingerprint density at radius 1 is 1.20 bits per heavy atom. The summed E-state index contributed by atoms with van der Waals surface area (Å²) in [5.41, 5.74) is 6.76. The fourth-order valence-corrected chi connectivity index (χ4v) is 1.91. The van der Waals surface area contributed by atoms with Gasteiger partial charge in [-0.1, -0.05) is 11.6 Å². The maximum atomic E-state index is 12.0. The van der Waals surface area contributed by atoms with Gasteiger partial charge in [0.05, 0.1) is 10.6 Å². The third-order valence-corrected chi connectivity index (χ3v) is 3.07. The molecule has 5 N–H and O–H groups in total. The number of carbonyl (C=O) groups excluding carboxylic acids is 1. The quantitative estimate of drug-likeness (QED) is 0.515. The fraction of sp³-hybridized carbons (Fsp3) is 0.0714. The fourth-order valence-electron chi connectivity index (χ4n) is 1.71. The molecule has 0 fully saturated rings. The first-order valence-corrected chi connectivity index (χ1v) is 6.19. The van der Waals surface area contributed by atoms with Crippen LogP contribution in [0.2, 0.25) is 5.02 Å². The van der Waals surface area contributed by atoms with Crippen molar-refractivity contribution in [2.45, 2.75) is 6.54 Å². The largest absolute Gasteiger partial charge is 0.508 e. The molecule has 5 nitrogen and oxygen atoms in total. The second-order valence-electron chi connectivity index (χ2n) is 4.23. The summed E-state index contributed by atoms with van der Waals surface area (Å²) in [4.78, 5) is 12.0. The van der Waals surface area contributed by atoms with Crippen LogP contribution in [0.25, 0.3) is 0 Å². The summed E-state index contributed by atoms with van der Waals surface area (Å²) in [7, 11) is 0. The number of hydrogen-bond donors (Lipinski definition) is 4. The van der Waals surface area contributed by atoms with Crippen LogP contribution in [0.3, 0.4) is 0 Å². The smallest absolute Gasteiger partial charge is 0.253 e. The Morgan fingerprint density at radius 2 is 1.95 bits per heavy atom. The molecule has 0 radical (unpaired) electrons. The molecule has 0 aliphatic carbocycles. The lowest BCUT2D eigenvalue weighted by Crippen LogP contribution is -2.23. The van der Waals surface area contributed by atoms with Crippen LogP contribution in [0.4, 0.5) is 5.69 Å². The van der Waals surface area contributed by atoms with Crippen LogP contribution in [0, 0.1) is 0 Å². The van der Waals surface area contributed by atoms with E-state index >= 15 is 0 Å². The van der Waals surface area contributed by atoms with Crippen LogP contribution in [0.15, 0.2) is 36.4 Å². The summed E-state index contributed by atoms with van der Waals surface area (Å²) in [5.74, 6) is -0.458. The Morgan fingerprint density at radius 3 is 2.70 bits per heavy atom. The molecule has 2 rings (SSSR count). The van der Waals surface area contributed by atoms with E-state index in [2.05, 4.69) is 5.32 Å². The summed E-state index contributed by atoms with van der Waals surface area (Å²) < 4.78 is 0. The van der Waals surface area contributed by atoms with E-state index < -0.39 is 5.91 Å². The van der Waals surface area contributed by atoms with E-state index in [1.807, 2.05) is 0 Å². The van der Waals surface area contributed by atoms with Gasteiger partial charge in [-0.3, -0.25) is 4.79 Å². The molecule has 2 aromatic carbocycles. The Hall–Kier alpha value is -2.40. The number of rotatable bonds is 3. The normalized spacial score (nSPS) is 10.2. The predicted molar refractivity (Wildman–Crippen MR) is 76.8 cm³/mol. The SMILES string of the molecule is Nc1ccc(O)c(CNC(=O)c2cc(O)ccc2Cl)c1. The van der Waals surface area contributed by atoms with Gasteiger partial charge >= 0.3 is 0 Å². The molecule has 0 heterocycles. The van der Waals surface area contributed by atoms with Crippen LogP contribution in [0.1, 0.15) is 15.9 Å². The van der Waals surface area contributed by atoms with E-state index in [0.29, 0.717) is 11.3 Å². The summed E-state index contributed by atoms with van der Waals surface area (Å²) in [6, 6.07) is 8.69. The molecule has 0 saturated carbocycles. The van der Waals surface area contributed by atoms with Gasteiger partial charge in [-0.15, -0.1) is 0 Å². The summed E-state index contributed by atoms with van der Waals surface area (Å²) in [6.45, 7) is 0.0989. The average Bonchev–Trinajstić information content (AvgIpc) is 2.42. The molecule has 6 heteroatoms. The third-order valence-electron chi connectivity index (χ3n) is 2.74. The first-order valence-electron chi connectivity index (χ1n) is 5.81. The number of phenols is 2. The van der Waals surface area contributed by atoms with E-state index in [1.54, 1.807) is 12.1 Å². The first kappa shape index (κ1) is 14.0. The number of amides is 1. The second-order valence-corrected chi connectivity index (χ2v) is 4.64. The van der Waals surface area contributed by atoms with Crippen LogP contribution in [-0.2, 0) is 6.54 Å². The van der Waals surface area contributed by atoms with Gasteiger partial charge < -0.3 is 21.3 Å². The highest BCUT2D eigenvalue weighted by atomic mass is 35.5. The van der Waals surface area contributed by atoms with Crippen molar-refractivity contribution in [2.75, 3.05) is 5.73 Å². The van der Waals surface area contributed by atoms with Gasteiger partial charge in [0.2, 0.25) is 0 Å². The lowest BCUT2D eigenvalue weighted by atomic mass is 10.1. The van der Waals surface area contributed by atoms with Gasteiger partial charge in [0.15, 0.2) is 0 Å². The zero-order valence-corrected chi connectivity index (χ0v) is 11.2. The Balaban J connectivity index is 2.12. The Bertz CT molecular complexity index is 659. The van der Waals surface area contributed by atoms with Crippen molar-refractivity contribution in [1.82, 2.24) is 5.32 Å². The van der Waals surface area contributed by atoms with E-state index in [4.69, 9.17) is 17.3 Å². The number of hydrogen-bond acceptors (Lipinski definition) is 4. The standard InChI is InChI=1S/C14H13ClN2O3/c15-12-3-2-10(18)6-11(12)14(20)17-7-8-5-9(16)1-4-13(8)19/h1-6,18-19H,7,16H2,(H,17,20). The number of halogens is 1. The third kappa shape index (κ3) is 3.13. The van der Waals surface area contributed by atoms with Crippen molar-refractivity contribution in [1.29, 1.82) is 0 Å². The highest BCUT2D eigenvalue weighted by Gasteiger charge is 2.12. The van der Waals surface area contributed by atoms with Gasteiger partial charge in [0.25, 0.3) is 5.91 Å². The minimum absolute atomic E-state index is 0.0431. The molecule has 1 amide bonds. The molecule has 0 bridgehead atoms. The maximum absolute atomic E-state index is 12.0. The summed E-state index contributed by atoms with van der Waals surface area (Å²) in [5, 5.41) is 21.8. The van der Waals surface area contributed by atoms with Crippen molar-refractivity contribution in [3.63, 3.8) is 0 Å². The highest BCUT2D eigenvalue weighted by molar-refractivity contribution is 6.33. The van der Waals surface area contributed by atoms with Gasteiger partial charge in [-0.25, -0.2) is 0 Å². The van der Waals surface area contributed by atoms with Crippen molar-refractivity contribution < 1.29 is 15.0 Å². The molecule has 0 aliphatic heterocycles. The first-order chi connectivity index (χ1) is 9.47. The van der Waals surface area contributed by atoms with E-state index in [-0.39, 0.29) is 28.6 Å². The lowest BCUT2D eigenvalue weighted by Gasteiger charge is -2.09. The second kappa shape index (κ2) is 5.71. The number of carbonyl (C=O) groups is 1. The number of benzene rings is 2. The van der Waals surface area contributed by atoms with Crippen LogP contribution < -0.4 is 11.1 Å². The van der Waals surface area contributed by atoms with Gasteiger partial charge in [0, 0.05) is 17.8 Å². The monoisotopic (exact) mass is 292 g/mol. The van der Waals surface area contributed by atoms with Gasteiger partial charge in [0.1, 0.15) is 11.5 Å². The molecule has 0 unspecified atom stereocenters. The molecule has 20 heavy (non-hydrogen) atoms. The molecule has 0 spiro atoms. The topological polar surface area (TPSA) is 95.6 Å². The van der Waals surface area contributed by atoms with Crippen molar-refractivity contribution in [2.24, 2.45) is 0 Å². The predicted octanol–water partition coefficient (Wildman–Crippen LogP) is 2.26. The molecular weight excluding hydrogens is 280 g/mol. The number of nitrogens with two attached hydrogens (primary N) is 1. The molecule has 2 aromatic rings. The van der Waals surface area contributed by atoms with E-state index in [0.717, 1.165) is 0 Å². The van der Waals surface area contributed by atoms with Crippen molar-refractivity contribution in [3.8, 4) is 11.5 Å². The van der Waals surface area contributed by atoms with Gasteiger partial charge in [-0.2, -0.15) is 0 Å². The summed E-state index contributed by atoms with van der Waals surface area (Å²) >= 11 is 5.89. The molecule has 0 saturated heterocycles. The average molecular weight is 293 g/mol. The summed E-state index contributed by atoms with van der Waals surface area (Å²) in [6.07, 6.45) is 0. The van der Waals surface area contributed by atoms with Crippen molar-refractivity contribution in [3.05, 3.63) is 52.5 Å². The number of anilines is 1. The van der Waals surface area contributed by atoms with E-state index in [9.17, 15) is 15.0 Å². The molecule has 0 aliphatic rings. The molecule has 0 atom stereocenters. The minimum Gasteiger partial charge on any atom is -0.508 e. The lowest BCUT2D eigenvalue weighted by molar-refractivity contribution is 0.0950. The number of nitrogen functional groups attached to an aromatic ring is 1. The van der Waals surface area contributed by atoms with Gasteiger partial charge in [-0.05, 0) is 36.4 Å². The van der Waals surface area contributed by atoms with E-state index in [1.165, 1.54) is 24.3 Å². The highest BCUT2D eigenvalue weighted by Crippen LogP contribution is 2.22. The number of aromatic hydroxyl groups is 2.